The fourth-order valence-electron chi connectivity index (χ4n) is 4.96. The van der Waals surface area contributed by atoms with Crippen LogP contribution in [-0.4, -0.2) is 20.6 Å². The monoisotopic (exact) mass is 483 g/mol. The lowest BCUT2D eigenvalue weighted by Gasteiger charge is -2.37. The van der Waals surface area contributed by atoms with Crippen molar-refractivity contribution in [2.45, 2.75) is 17.9 Å². The average Bonchev–Trinajstić information content (AvgIpc) is 3.44. The molecule has 0 saturated heterocycles. The summed E-state index contributed by atoms with van der Waals surface area (Å²) in [6.45, 7) is 0. The zero-order valence-electron chi connectivity index (χ0n) is 20.1. The van der Waals surface area contributed by atoms with E-state index in [1.165, 1.54) is 0 Å². The van der Waals surface area contributed by atoms with Gasteiger partial charge in [-0.1, -0.05) is 103 Å². The molecule has 0 radical (unpaired) electrons. The molecule has 0 spiro atoms. The van der Waals surface area contributed by atoms with Crippen molar-refractivity contribution in [1.29, 1.82) is 5.26 Å². The first-order valence-electron chi connectivity index (χ1n) is 12.1. The fourth-order valence-corrected chi connectivity index (χ4v) is 4.96. The molecule has 0 fully saturated rings. The van der Waals surface area contributed by atoms with Gasteiger partial charge in [0.2, 0.25) is 0 Å². The summed E-state index contributed by atoms with van der Waals surface area (Å²) in [6.07, 6.45) is 3.86. The smallest absolute Gasteiger partial charge is 0.312 e. The fraction of sp³-hybridized carbons (Fsp3) is 0.0938. The van der Waals surface area contributed by atoms with Gasteiger partial charge in [-0.15, -0.1) is 0 Å². The Balaban J connectivity index is 1.67. The normalized spacial score (nSPS) is 12.0. The standard InChI is InChI=1S/C32H25N3O2/c33-21-25-18-16-24(17-19-25)20-29(31(36)37)30-22-35(23-34-30)32(26-10-4-1-5-11-26,27-12-6-2-7-13-27)28-14-8-3-9-15-28/h1-19,22-23,29H,20H2,(H,36,37). The number of aromatic nitrogens is 2. The summed E-state index contributed by atoms with van der Waals surface area (Å²) in [5.74, 6) is -1.78. The van der Waals surface area contributed by atoms with E-state index in [-0.39, 0.29) is 6.42 Å². The second-order valence-corrected chi connectivity index (χ2v) is 8.92. The Morgan fingerprint density at radius 2 is 1.30 bits per heavy atom. The van der Waals surface area contributed by atoms with Crippen molar-refractivity contribution in [3.05, 3.63) is 161 Å². The van der Waals surface area contributed by atoms with Gasteiger partial charge in [0.15, 0.2) is 0 Å². The first-order valence-corrected chi connectivity index (χ1v) is 12.1. The van der Waals surface area contributed by atoms with Crippen LogP contribution in [0.5, 0.6) is 0 Å². The molecule has 0 saturated carbocycles. The van der Waals surface area contributed by atoms with E-state index in [9.17, 15) is 9.90 Å². The van der Waals surface area contributed by atoms with Gasteiger partial charge in [0.25, 0.3) is 0 Å². The average molecular weight is 484 g/mol. The topological polar surface area (TPSA) is 78.9 Å². The predicted molar refractivity (Wildman–Crippen MR) is 142 cm³/mol. The number of aliphatic carboxylic acids is 1. The molecule has 1 unspecified atom stereocenters. The van der Waals surface area contributed by atoms with Crippen molar-refractivity contribution >= 4 is 5.97 Å². The molecule has 1 N–H and O–H groups in total. The molecule has 4 aromatic carbocycles. The zero-order valence-corrected chi connectivity index (χ0v) is 20.1. The maximum Gasteiger partial charge on any atom is 0.312 e. The number of carboxylic acid groups (broad SMARTS) is 1. The number of nitrogens with zero attached hydrogens (tertiary/aromatic N) is 3. The van der Waals surface area contributed by atoms with Crippen LogP contribution >= 0.6 is 0 Å². The van der Waals surface area contributed by atoms with Crippen molar-refractivity contribution in [1.82, 2.24) is 9.55 Å². The number of imidazole rings is 1. The van der Waals surface area contributed by atoms with Crippen LogP contribution in [0.15, 0.2) is 128 Å². The lowest BCUT2D eigenvalue weighted by molar-refractivity contribution is -0.138. The molecule has 1 aromatic heterocycles. The minimum absolute atomic E-state index is 0.271. The summed E-state index contributed by atoms with van der Waals surface area (Å²) in [5, 5.41) is 19.2. The molecule has 5 nitrogen and oxygen atoms in total. The Bertz CT molecular complexity index is 1420. The number of hydrogen-bond acceptors (Lipinski definition) is 3. The number of hydrogen-bond donors (Lipinski definition) is 1. The van der Waals surface area contributed by atoms with Crippen molar-refractivity contribution in [3.63, 3.8) is 0 Å². The van der Waals surface area contributed by atoms with Gasteiger partial charge >= 0.3 is 5.97 Å². The molecule has 1 atom stereocenters. The van der Waals surface area contributed by atoms with Gasteiger partial charge in [0, 0.05) is 6.20 Å². The van der Waals surface area contributed by atoms with Crippen LogP contribution in [0, 0.1) is 11.3 Å². The van der Waals surface area contributed by atoms with E-state index in [0.717, 1.165) is 22.3 Å². The van der Waals surface area contributed by atoms with Crippen LogP contribution in [0.4, 0.5) is 0 Å². The highest BCUT2D eigenvalue weighted by Gasteiger charge is 2.39. The summed E-state index contributed by atoms with van der Waals surface area (Å²) < 4.78 is 2.02. The summed E-state index contributed by atoms with van der Waals surface area (Å²) in [6, 6.07) is 39.7. The molecule has 1 heterocycles. The van der Waals surface area contributed by atoms with Crippen molar-refractivity contribution < 1.29 is 9.90 Å². The molecule has 180 valence electrons. The Hall–Kier alpha value is -4.95. The van der Waals surface area contributed by atoms with Gasteiger partial charge in [-0.25, -0.2) is 4.98 Å². The van der Waals surface area contributed by atoms with Crippen LogP contribution in [0.2, 0.25) is 0 Å². The zero-order chi connectivity index (χ0) is 25.7. The van der Waals surface area contributed by atoms with Gasteiger partial charge in [0.1, 0.15) is 11.5 Å². The van der Waals surface area contributed by atoms with Crippen LogP contribution in [-0.2, 0) is 16.8 Å². The van der Waals surface area contributed by atoms with E-state index in [2.05, 4.69) is 47.5 Å². The lowest BCUT2D eigenvalue weighted by Crippen LogP contribution is -2.37. The largest absolute Gasteiger partial charge is 0.481 e. The van der Waals surface area contributed by atoms with E-state index in [1.54, 1.807) is 30.6 Å². The van der Waals surface area contributed by atoms with Gasteiger partial charge in [0.05, 0.1) is 23.7 Å². The van der Waals surface area contributed by atoms with Crippen LogP contribution in [0.1, 0.15) is 39.4 Å². The molecule has 5 aromatic rings. The van der Waals surface area contributed by atoms with Gasteiger partial charge in [-0.2, -0.15) is 5.26 Å². The first-order chi connectivity index (χ1) is 18.1. The summed E-state index contributed by atoms with van der Waals surface area (Å²) in [5.41, 5.74) is 4.21. The summed E-state index contributed by atoms with van der Waals surface area (Å²) >= 11 is 0. The highest BCUT2D eigenvalue weighted by Crippen LogP contribution is 2.41. The Kier molecular flexibility index (Phi) is 6.65. The number of rotatable bonds is 8. The quantitative estimate of drug-likeness (QED) is 0.274. The number of nitriles is 1. The molecule has 5 rings (SSSR count). The van der Waals surface area contributed by atoms with Crippen molar-refractivity contribution in [3.8, 4) is 6.07 Å². The maximum atomic E-state index is 12.4. The third-order valence-electron chi connectivity index (χ3n) is 6.74. The van der Waals surface area contributed by atoms with Gasteiger partial charge < -0.3 is 9.67 Å². The predicted octanol–water partition coefficient (Wildman–Crippen LogP) is 6.01. The molecule has 0 aliphatic rings. The highest BCUT2D eigenvalue weighted by molar-refractivity contribution is 5.76. The van der Waals surface area contributed by atoms with Crippen LogP contribution in [0.3, 0.4) is 0 Å². The van der Waals surface area contributed by atoms with Crippen LogP contribution < -0.4 is 0 Å². The molecular weight excluding hydrogens is 458 g/mol. The SMILES string of the molecule is N#Cc1ccc(CC(C(=O)O)c2cn(C(c3ccccc3)(c3ccccc3)c3ccccc3)cn2)cc1. The Morgan fingerprint density at radius 1 is 0.811 bits per heavy atom. The maximum absolute atomic E-state index is 12.4. The molecule has 0 aliphatic carbocycles. The minimum Gasteiger partial charge on any atom is -0.481 e. The van der Waals surface area contributed by atoms with E-state index in [1.807, 2.05) is 65.4 Å². The van der Waals surface area contributed by atoms with E-state index in [4.69, 9.17) is 5.26 Å². The molecule has 0 amide bonds. The summed E-state index contributed by atoms with van der Waals surface area (Å²) in [7, 11) is 0. The minimum atomic E-state index is -0.945. The molecule has 5 heteroatoms. The van der Waals surface area contributed by atoms with E-state index >= 15 is 0 Å². The molecule has 37 heavy (non-hydrogen) atoms. The molecule has 0 bridgehead atoms. The second-order valence-electron chi connectivity index (χ2n) is 8.92. The molecule has 0 aliphatic heterocycles. The Labute approximate surface area is 215 Å². The third kappa shape index (κ3) is 4.53. The number of carboxylic acids is 1. The highest BCUT2D eigenvalue weighted by atomic mass is 16.4. The number of carbonyl (C=O) groups is 1. The van der Waals surface area contributed by atoms with E-state index < -0.39 is 17.4 Å². The second kappa shape index (κ2) is 10.3. The summed E-state index contributed by atoms with van der Waals surface area (Å²) in [4.78, 5) is 17.0. The third-order valence-corrected chi connectivity index (χ3v) is 6.74. The van der Waals surface area contributed by atoms with Crippen LogP contribution in [0.25, 0.3) is 0 Å². The van der Waals surface area contributed by atoms with E-state index in [0.29, 0.717) is 11.3 Å². The van der Waals surface area contributed by atoms with Crippen molar-refractivity contribution in [2.24, 2.45) is 0 Å². The van der Waals surface area contributed by atoms with Gasteiger partial charge in [-0.05, 0) is 40.8 Å². The Morgan fingerprint density at radius 3 is 1.73 bits per heavy atom. The van der Waals surface area contributed by atoms with Gasteiger partial charge in [-0.3, -0.25) is 4.79 Å². The molecular formula is C32H25N3O2. The lowest BCUT2D eigenvalue weighted by atomic mass is 9.76. The number of benzene rings is 4. The first kappa shape index (κ1) is 23.8. The van der Waals surface area contributed by atoms with Crippen molar-refractivity contribution in [2.75, 3.05) is 0 Å².